The number of nitrogens with zero attached hydrogens (tertiary/aromatic N) is 1. The van der Waals surface area contributed by atoms with Crippen LogP contribution in [0.3, 0.4) is 0 Å². The van der Waals surface area contributed by atoms with Crippen molar-refractivity contribution in [2.24, 2.45) is 5.92 Å². The second-order valence-corrected chi connectivity index (χ2v) is 16.8. The van der Waals surface area contributed by atoms with Crippen LogP contribution in [0.15, 0.2) is 91.0 Å². The summed E-state index contributed by atoms with van der Waals surface area (Å²) in [4.78, 5) is 15.7. The molecule has 0 spiro atoms. The Morgan fingerprint density at radius 1 is 0.805 bits per heavy atom. The molecule has 0 aromatic heterocycles. The minimum Gasteiger partial charge on any atom is -0.445 e. The Labute approximate surface area is 250 Å². The summed E-state index contributed by atoms with van der Waals surface area (Å²) in [5.74, 6) is 0.480. The van der Waals surface area contributed by atoms with Gasteiger partial charge in [-0.05, 0) is 39.7 Å². The van der Waals surface area contributed by atoms with Gasteiger partial charge in [0.15, 0.2) is 0 Å². The molecule has 0 aliphatic heterocycles. The van der Waals surface area contributed by atoms with Crippen LogP contribution in [-0.4, -0.2) is 38.5 Å². The van der Waals surface area contributed by atoms with E-state index in [9.17, 15) is 4.79 Å². The fraction of sp³-hybridized carbons (Fsp3) is 0.472. The molecule has 0 aliphatic rings. The molecule has 3 aromatic rings. The van der Waals surface area contributed by atoms with Crippen LogP contribution in [0.2, 0.25) is 5.04 Å². The molecule has 222 valence electrons. The highest BCUT2D eigenvalue weighted by molar-refractivity contribution is 6.99. The van der Waals surface area contributed by atoms with Gasteiger partial charge >= 0.3 is 6.09 Å². The van der Waals surface area contributed by atoms with E-state index in [-0.39, 0.29) is 23.8 Å². The summed E-state index contributed by atoms with van der Waals surface area (Å²) in [5, 5.41) is 2.39. The van der Waals surface area contributed by atoms with Gasteiger partial charge < -0.3 is 14.1 Å². The number of amides is 1. The van der Waals surface area contributed by atoms with Gasteiger partial charge in [0.25, 0.3) is 8.32 Å². The van der Waals surface area contributed by atoms with Crippen LogP contribution >= 0.6 is 0 Å². The summed E-state index contributed by atoms with van der Waals surface area (Å²) in [5.41, 5.74) is 0.996. The molecule has 0 fully saturated rings. The van der Waals surface area contributed by atoms with E-state index >= 15 is 0 Å². The zero-order chi connectivity index (χ0) is 29.7. The summed E-state index contributed by atoms with van der Waals surface area (Å²) < 4.78 is 13.3. The lowest BCUT2D eigenvalue weighted by Crippen LogP contribution is -2.67. The molecule has 0 unspecified atom stereocenters. The number of benzene rings is 3. The Bertz CT molecular complexity index is 1110. The van der Waals surface area contributed by atoms with Crippen LogP contribution in [0.4, 0.5) is 4.79 Å². The minimum atomic E-state index is -2.73. The van der Waals surface area contributed by atoms with E-state index in [0.29, 0.717) is 19.1 Å². The maximum atomic E-state index is 13.7. The van der Waals surface area contributed by atoms with Gasteiger partial charge in [0.1, 0.15) is 6.61 Å². The van der Waals surface area contributed by atoms with Gasteiger partial charge in [0.2, 0.25) is 0 Å². The quantitative estimate of drug-likeness (QED) is 0.136. The molecule has 3 aromatic carbocycles. The Hall–Kier alpha value is -2.89. The molecule has 0 saturated heterocycles. The fourth-order valence-electron chi connectivity index (χ4n) is 5.56. The van der Waals surface area contributed by atoms with Gasteiger partial charge in [-0.2, -0.15) is 0 Å². The molecular weight excluding hydrogens is 522 g/mol. The molecule has 4 nitrogen and oxygen atoms in total. The number of ether oxygens (including phenoxy) is 1. The minimum absolute atomic E-state index is 0.0646. The lowest BCUT2D eigenvalue weighted by atomic mass is 10.1. The molecule has 0 N–H and O–H groups in total. The summed E-state index contributed by atoms with van der Waals surface area (Å²) in [6.07, 6.45) is 4.88. The SMILES string of the molecule is CCCCC[C@@H](CO[Si](c1ccccc1)(c1ccccc1)C(C)(C)C)N(CCC(C)C)C(=O)OCc1ccccc1. The maximum absolute atomic E-state index is 13.7. The molecule has 0 saturated carbocycles. The predicted molar refractivity (Wildman–Crippen MR) is 174 cm³/mol. The van der Waals surface area contributed by atoms with Crippen molar-refractivity contribution < 1.29 is 14.0 Å². The summed E-state index contributed by atoms with van der Waals surface area (Å²) in [7, 11) is -2.73. The first-order chi connectivity index (χ1) is 19.7. The van der Waals surface area contributed by atoms with E-state index in [0.717, 1.165) is 37.7 Å². The Kier molecular flexibility index (Phi) is 12.7. The lowest BCUT2D eigenvalue weighted by molar-refractivity contribution is 0.0613. The second kappa shape index (κ2) is 15.9. The first-order valence-corrected chi connectivity index (χ1v) is 17.3. The van der Waals surface area contributed by atoms with E-state index in [4.69, 9.17) is 9.16 Å². The second-order valence-electron chi connectivity index (χ2n) is 12.5. The molecule has 41 heavy (non-hydrogen) atoms. The van der Waals surface area contributed by atoms with Gasteiger partial charge in [-0.3, -0.25) is 0 Å². The van der Waals surface area contributed by atoms with Crippen LogP contribution in [0, 0.1) is 5.92 Å². The molecule has 3 rings (SSSR count). The summed E-state index contributed by atoms with van der Waals surface area (Å²) in [6, 6.07) is 31.4. The standard InChI is InChI=1S/C36H51NO3Si/c1-7-8-12-21-32(37(27-26-30(2)3)35(38)39-28-31-19-13-9-14-20-31)29-40-41(36(4,5)6,33-22-15-10-16-23-33)34-24-17-11-18-25-34/h9-11,13-20,22-25,30,32H,7-8,12,21,26-29H2,1-6H3/t32-/m0/s1. The van der Waals surface area contributed by atoms with E-state index in [2.05, 4.69) is 102 Å². The summed E-state index contributed by atoms with van der Waals surface area (Å²) in [6.45, 7) is 15.0. The van der Waals surface area contributed by atoms with Crippen molar-refractivity contribution in [2.75, 3.05) is 13.2 Å². The van der Waals surface area contributed by atoms with Crippen molar-refractivity contribution >= 4 is 24.8 Å². The Morgan fingerprint density at radius 2 is 1.34 bits per heavy atom. The van der Waals surface area contributed by atoms with Crippen molar-refractivity contribution in [3.63, 3.8) is 0 Å². The number of hydrogen-bond acceptors (Lipinski definition) is 3. The van der Waals surface area contributed by atoms with Crippen molar-refractivity contribution in [3.8, 4) is 0 Å². The third-order valence-corrected chi connectivity index (χ3v) is 12.9. The predicted octanol–water partition coefficient (Wildman–Crippen LogP) is 8.20. The molecule has 0 aliphatic carbocycles. The third kappa shape index (κ3) is 9.05. The zero-order valence-electron chi connectivity index (χ0n) is 26.1. The zero-order valence-corrected chi connectivity index (χ0v) is 27.1. The lowest BCUT2D eigenvalue weighted by Gasteiger charge is -2.44. The van der Waals surface area contributed by atoms with Crippen molar-refractivity contribution in [1.82, 2.24) is 4.90 Å². The smallest absolute Gasteiger partial charge is 0.410 e. The van der Waals surface area contributed by atoms with E-state index in [1.165, 1.54) is 10.4 Å². The molecule has 0 heterocycles. The number of carbonyl (C=O) groups excluding carboxylic acids is 1. The monoisotopic (exact) mass is 573 g/mol. The number of hydrogen-bond donors (Lipinski definition) is 0. The highest BCUT2D eigenvalue weighted by Gasteiger charge is 2.50. The van der Waals surface area contributed by atoms with Gasteiger partial charge in [0, 0.05) is 6.54 Å². The van der Waals surface area contributed by atoms with Gasteiger partial charge in [-0.15, -0.1) is 0 Å². The topological polar surface area (TPSA) is 38.8 Å². The number of unbranched alkanes of at least 4 members (excludes halogenated alkanes) is 2. The van der Waals surface area contributed by atoms with E-state index in [1.807, 2.05) is 35.2 Å². The highest BCUT2D eigenvalue weighted by atomic mass is 28.4. The van der Waals surface area contributed by atoms with Gasteiger partial charge in [-0.25, -0.2) is 4.79 Å². The Morgan fingerprint density at radius 3 is 1.83 bits per heavy atom. The van der Waals surface area contributed by atoms with Crippen LogP contribution in [0.25, 0.3) is 0 Å². The highest BCUT2D eigenvalue weighted by Crippen LogP contribution is 2.37. The van der Waals surface area contributed by atoms with Crippen molar-refractivity contribution in [2.45, 2.75) is 91.3 Å². The van der Waals surface area contributed by atoms with Crippen LogP contribution < -0.4 is 10.4 Å². The largest absolute Gasteiger partial charge is 0.445 e. The first-order valence-electron chi connectivity index (χ1n) is 15.4. The number of carbonyl (C=O) groups is 1. The Balaban J connectivity index is 1.97. The van der Waals surface area contributed by atoms with Gasteiger partial charge in [-0.1, -0.05) is 152 Å². The van der Waals surface area contributed by atoms with E-state index in [1.54, 1.807) is 0 Å². The molecule has 0 bridgehead atoms. The van der Waals surface area contributed by atoms with Crippen molar-refractivity contribution in [1.29, 1.82) is 0 Å². The summed E-state index contributed by atoms with van der Waals surface area (Å²) >= 11 is 0. The normalized spacial score (nSPS) is 12.8. The molecular formula is C36H51NO3Si. The van der Waals surface area contributed by atoms with Crippen molar-refractivity contribution in [3.05, 3.63) is 96.6 Å². The first kappa shape index (κ1) is 32.6. The van der Waals surface area contributed by atoms with Crippen LogP contribution in [-0.2, 0) is 15.8 Å². The molecule has 0 radical (unpaired) electrons. The van der Waals surface area contributed by atoms with Gasteiger partial charge in [0.05, 0.1) is 12.6 Å². The van der Waals surface area contributed by atoms with E-state index < -0.39 is 8.32 Å². The average Bonchev–Trinajstić information content (AvgIpc) is 2.97. The maximum Gasteiger partial charge on any atom is 0.410 e. The van der Waals surface area contributed by atoms with Crippen LogP contribution in [0.5, 0.6) is 0 Å². The number of rotatable bonds is 15. The molecule has 1 amide bonds. The third-order valence-electron chi connectivity index (χ3n) is 7.88. The van der Waals surface area contributed by atoms with Crippen LogP contribution in [0.1, 0.15) is 79.2 Å². The average molecular weight is 574 g/mol. The molecule has 5 heteroatoms. The fourth-order valence-corrected chi connectivity index (χ4v) is 10.2. The molecule has 1 atom stereocenters.